The lowest BCUT2D eigenvalue weighted by Crippen LogP contribution is -2.34. The molecule has 134 valence electrons. The van der Waals surface area contributed by atoms with Crippen LogP contribution in [0.1, 0.15) is 36.3 Å². The van der Waals surface area contributed by atoms with E-state index in [-0.39, 0.29) is 12.0 Å². The molecule has 6 nitrogen and oxygen atoms in total. The highest BCUT2D eigenvalue weighted by molar-refractivity contribution is 6.32. The van der Waals surface area contributed by atoms with E-state index in [9.17, 15) is 4.79 Å². The number of hydrogen-bond donors (Lipinski definition) is 2. The first-order valence-electron chi connectivity index (χ1n) is 8.59. The molecule has 0 radical (unpaired) electrons. The molecule has 7 heteroatoms. The van der Waals surface area contributed by atoms with Crippen LogP contribution in [0.15, 0.2) is 36.5 Å². The average Bonchev–Trinajstić information content (AvgIpc) is 3.13. The van der Waals surface area contributed by atoms with Crippen LogP contribution < -0.4 is 15.4 Å². The van der Waals surface area contributed by atoms with Gasteiger partial charge in [-0.25, -0.2) is 0 Å². The zero-order chi connectivity index (χ0) is 17.6. The van der Waals surface area contributed by atoms with E-state index in [1.165, 1.54) is 0 Å². The first kappa shape index (κ1) is 17.8. The zero-order valence-electron chi connectivity index (χ0n) is 14.2. The second-order valence-corrected chi connectivity index (χ2v) is 6.66. The van der Waals surface area contributed by atoms with Gasteiger partial charge in [-0.3, -0.25) is 9.48 Å². The topological polar surface area (TPSA) is 68.2 Å². The van der Waals surface area contributed by atoms with Gasteiger partial charge in [-0.1, -0.05) is 23.7 Å². The minimum Gasteiger partial charge on any atom is -0.487 e. The van der Waals surface area contributed by atoms with Crippen molar-refractivity contribution in [1.82, 2.24) is 20.4 Å². The van der Waals surface area contributed by atoms with E-state index in [0.29, 0.717) is 29.1 Å². The van der Waals surface area contributed by atoms with Crippen LogP contribution in [-0.2, 0) is 0 Å². The summed E-state index contributed by atoms with van der Waals surface area (Å²) >= 11 is 6.07. The Morgan fingerprint density at radius 3 is 3.08 bits per heavy atom. The Balaban J connectivity index is 1.50. The summed E-state index contributed by atoms with van der Waals surface area (Å²) in [6.45, 7) is 4.21. The highest BCUT2D eigenvalue weighted by Gasteiger charge is 2.18. The molecule has 1 aliphatic heterocycles. The fourth-order valence-electron chi connectivity index (χ4n) is 2.85. The molecular weight excluding hydrogens is 340 g/mol. The number of amides is 1. The van der Waals surface area contributed by atoms with Gasteiger partial charge in [-0.2, -0.15) is 5.10 Å². The SMILES string of the molecule is CC(CNC(=O)c1ccn(C2CCCNC2)n1)Oc1ccccc1Cl. The molecule has 3 rings (SSSR count). The van der Waals surface area contributed by atoms with Crippen LogP contribution in [0.2, 0.25) is 5.02 Å². The maximum Gasteiger partial charge on any atom is 0.271 e. The quantitative estimate of drug-likeness (QED) is 0.829. The Labute approximate surface area is 152 Å². The fraction of sp³-hybridized carbons (Fsp3) is 0.444. The molecule has 1 fully saturated rings. The number of rotatable bonds is 6. The Kier molecular flexibility index (Phi) is 5.94. The maximum absolute atomic E-state index is 12.3. The molecule has 2 unspecified atom stereocenters. The van der Waals surface area contributed by atoms with Gasteiger partial charge in [0.2, 0.25) is 0 Å². The number of para-hydroxylation sites is 1. The van der Waals surface area contributed by atoms with E-state index in [1.54, 1.807) is 18.2 Å². The third-order valence-corrected chi connectivity index (χ3v) is 4.51. The molecular formula is C18H23ClN4O2. The molecule has 1 amide bonds. The van der Waals surface area contributed by atoms with Crippen LogP contribution in [0.25, 0.3) is 0 Å². The first-order chi connectivity index (χ1) is 12.1. The summed E-state index contributed by atoms with van der Waals surface area (Å²) in [5.74, 6) is 0.414. The molecule has 2 atom stereocenters. The predicted molar refractivity (Wildman–Crippen MR) is 97.2 cm³/mol. The van der Waals surface area contributed by atoms with Crippen LogP contribution in [-0.4, -0.2) is 41.4 Å². The molecule has 0 spiro atoms. The van der Waals surface area contributed by atoms with E-state index < -0.39 is 0 Å². The highest BCUT2D eigenvalue weighted by atomic mass is 35.5. The van der Waals surface area contributed by atoms with Crippen molar-refractivity contribution in [3.63, 3.8) is 0 Å². The first-order valence-corrected chi connectivity index (χ1v) is 8.96. The third kappa shape index (κ3) is 4.74. The van der Waals surface area contributed by atoms with Gasteiger partial charge in [0.1, 0.15) is 17.5 Å². The van der Waals surface area contributed by atoms with E-state index in [2.05, 4.69) is 15.7 Å². The minimum atomic E-state index is -0.200. The summed E-state index contributed by atoms with van der Waals surface area (Å²) in [5, 5.41) is 11.2. The van der Waals surface area contributed by atoms with Crippen molar-refractivity contribution in [1.29, 1.82) is 0 Å². The molecule has 1 aliphatic rings. The molecule has 1 aromatic heterocycles. The fourth-order valence-corrected chi connectivity index (χ4v) is 3.03. The van der Waals surface area contributed by atoms with Crippen LogP contribution in [0.3, 0.4) is 0 Å². The minimum absolute atomic E-state index is 0.197. The second-order valence-electron chi connectivity index (χ2n) is 6.25. The van der Waals surface area contributed by atoms with Crippen molar-refractivity contribution in [3.8, 4) is 5.75 Å². The predicted octanol–water partition coefficient (Wildman–Crippen LogP) is 2.66. The Morgan fingerprint density at radius 2 is 2.32 bits per heavy atom. The van der Waals surface area contributed by atoms with Gasteiger partial charge < -0.3 is 15.4 Å². The third-order valence-electron chi connectivity index (χ3n) is 4.20. The standard InChI is InChI=1S/C18H23ClN4O2/c1-13(25-17-7-3-2-6-15(17)19)11-21-18(24)16-8-10-23(22-16)14-5-4-9-20-12-14/h2-3,6-8,10,13-14,20H,4-5,9,11-12H2,1H3,(H,21,24). The lowest BCUT2D eigenvalue weighted by atomic mass is 10.1. The summed E-state index contributed by atoms with van der Waals surface area (Å²) in [5.41, 5.74) is 0.426. The molecule has 2 N–H and O–H groups in total. The molecule has 2 heterocycles. The molecule has 0 bridgehead atoms. The van der Waals surface area contributed by atoms with Gasteiger partial charge >= 0.3 is 0 Å². The molecule has 1 saturated heterocycles. The van der Waals surface area contributed by atoms with Crippen molar-refractivity contribution < 1.29 is 9.53 Å². The zero-order valence-corrected chi connectivity index (χ0v) is 15.0. The van der Waals surface area contributed by atoms with Crippen LogP contribution in [0, 0.1) is 0 Å². The highest BCUT2D eigenvalue weighted by Crippen LogP contribution is 2.24. The lowest BCUT2D eigenvalue weighted by molar-refractivity contribution is 0.0926. The Bertz CT molecular complexity index is 713. The van der Waals surface area contributed by atoms with Gasteiger partial charge in [-0.05, 0) is 44.5 Å². The molecule has 0 aliphatic carbocycles. The molecule has 25 heavy (non-hydrogen) atoms. The largest absolute Gasteiger partial charge is 0.487 e. The average molecular weight is 363 g/mol. The molecule has 2 aromatic rings. The maximum atomic E-state index is 12.3. The number of benzene rings is 1. The van der Waals surface area contributed by atoms with Crippen molar-refractivity contribution >= 4 is 17.5 Å². The Morgan fingerprint density at radius 1 is 1.48 bits per heavy atom. The van der Waals surface area contributed by atoms with Crippen molar-refractivity contribution in [2.24, 2.45) is 0 Å². The summed E-state index contributed by atoms with van der Waals surface area (Å²) < 4.78 is 7.63. The number of carbonyl (C=O) groups excluding carboxylic acids is 1. The van der Waals surface area contributed by atoms with E-state index in [0.717, 1.165) is 25.9 Å². The summed E-state index contributed by atoms with van der Waals surface area (Å²) in [6.07, 6.45) is 3.88. The number of halogens is 1. The van der Waals surface area contributed by atoms with Gasteiger partial charge in [0.25, 0.3) is 5.91 Å². The van der Waals surface area contributed by atoms with Gasteiger partial charge in [0.05, 0.1) is 17.6 Å². The van der Waals surface area contributed by atoms with Crippen LogP contribution in [0.5, 0.6) is 5.75 Å². The number of aromatic nitrogens is 2. The molecule has 0 saturated carbocycles. The van der Waals surface area contributed by atoms with Gasteiger partial charge in [-0.15, -0.1) is 0 Å². The van der Waals surface area contributed by atoms with Gasteiger partial charge in [0.15, 0.2) is 0 Å². The summed E-state index contributed by atoms with van der Waals surface area (Å²) in [7, 11) is 0. The lowest BCUT2D eigenvalue weighted by Gasteiger charge is -2.22. The van der Waals surface area contributed by atoms with Crippen LogP contribution >= 0.6 is 11.6 Å². The smallest absolute Gasteiger partial charge is 0.271 e. The monoisotopic (exact) mass is 362 g/mol. The van der Waals surface area contributed by atoms with E-state index in [1.807, 2.05) is 29.9 Å². The number of piperidine rings is 1. The number of ether oxygens (including phenoxy) is 1. The second kappa shape index (κ2) is 8.36. The van der Waals surface area contributed by atoms with Crippen molar-refractivity contribution in [2.45, 2.75) is 31.9 Å². The van der Waals surface area contributed by atoms with E-state index >= 15 is 0 Å². The summed E-state index contributed by atoms with van der Waals surface area (Å²) in [6, 6.07) is 9.36. The number of carbonyl (C=O) groups is 1. The van der Waals surface area contributed by atoms with E-state index in [4.69, 9.17) is 16.3 Å². The van der Waals surface area contributed by atoms with Gasteiger partial charge in [0, 0.05) is 12.7 Å². The summed E-state index contributed by atoms with van der Waals surface area (Å²) in [4.78, 5) is 12.3. The number of nitrogens with one attached hydrogen (secondary N) is 2. The Hall–Kier alpha value is -2.05. The number of nitrogens with zero attached hydrogens (tertiary/aromatic N) is 2. The van der Waals surface area contributed by atoms with Crippen LogP contribution in [0.4, 0.5) is 0 Å². The van der Waals surface area contributed by atoms with Crippen molar-refractivity contribution in [3.05, 3.63) is 47.2 Å². The molecule has 1 aromatic carbocycles. The normalized spacial score (nSPS) is 18.6. The van der Waals surface area contributed by atoms with Crippen molar-refractivity contribution in [2.75, 3.05) is 19.6 Å². The number of hydrogen-bond acceptors (Lipinski definition) is 4.